The van der Waals surface area contributed by atoms with Gasteiger partial charge in [-0.15, -0.1) is 0 Å². The first-order valence-electron chi connectivity index (χ1n) is 6.55. The van der Waals surface area contributed by atoms with Crippen LogP contribution in [0.4, 0.5) is 0 Å². The fourth-order valence-corrected chi connectivity index (χ4v) is 2.17. The van der Waals surface area contributed by atoms with Crippen molar-refractivity contribution in [3.05, 3.63) is 33.4 Å². The lowest BCUT2D eigenvalue weighted by Gasteiger charge is -2.14. The molecule has 0 aliphatic heterocycles. The molecule has 0 saturated carbocycles. The predicted octanol–water partition coefficient (Wildman–Crippen LogP) is 4.24. The Morgan fingerprint density at radius 3 is 2.33 bits per heavy atom. The van der Waals surface area contributed by atoms with E-state index in [-0.39, 0.29) is 11.9 Å². The summed E-state index contributed by atoms with van der Waals surface area (Å²) in [6.07, 6.45) is 3.45. The summed E-state index contributed by atoms with van der Waals surface area (Å²) in [4.78, 5) is 11.9. The molecule has 0 aromatic heterocycles. The van der Waals surface area contributed by atoms with Crippen LogP contribution in [0.15, 0.2) is 24.3 Å². The molecule has 1 rings (SSSR count). The molecule has 1 N–H and O–H groups in total. The van der Waals surface area contributed by atoms with Crippen LogP contribution in [0.5, 0.6) is 0 Å². The lowest BCUT2D eigenvalue weighted by Crippen LogP contribution is -2.32. The minimum atomic E-state index is 0.0310. The average Bonchev–Trinajstić information content (AvgIpc) is 2.29. The maximum absolute atomic E-state index is 11.9. The van der Waals surface area contributed by atoms with Crippen LogP contribution >= 0.6 is 22.6 Å². The molecule has 0 radical (unpaired) electrons. The molecule has 18 heavy (non-hydrogen) atoms. The highest BCUT2D eigenvalue weighted by atomic mass is 127. The normalized spacial score (nSPS) is 12.5. The zero-order valence-corrected chi connectivity index (χ0v) is 13.5. The summed E-state index contributed by atoms with van der Waals surface area (Å²) in [6, 6.07) is 7.91. The van der Waals surface area contributed by atoms with Gasteiger partial charge in [0.1, 0.15) is 0 Å². The van der Waals surface area contributed by atoms with Crippen molar-refractivity contribution >= 4 is 28.5 Å². The van der Waals surface area contributed by atoms with Crippen LogP contribution in [-0.2, 0) is 0 Å². The molecule has 0 spiro atoms. The smallest absolute Gasteiger partial charge is 0.251 e. The Bertz CT molecular complexity index is 373. The second-order valence-electron chi connectivity index (χ2n) is 5.21. The second-order valence-corrected chi connectivity index (χ2v) is 6.45. The predicted molar refractivity (Wildman–Crippen MR) is 84.8 cm³/mol. The van der Waals surface area contributed by atoms with Gasteiger partial charge in [-0.2, -0.15) is 0 Å². The Morgan fingerprint density at radius 1 is 1.17 bits per heavy atom. The Balaban J connectivity index is 2.37. The van der Waals surface area contributed by atoms with E-state index in [4.69, 9.17) is 0 Å². The van der Waals surface area contributed by atoms with E-state index in [2.05, 4.69) is 48.7 Å². The summed E-state index contributed by atoms with van der Waals surface area (Å²) in [5.41, 5.74) is 0.742. The van der Waals surface area contributed by atoms with Gasteiger partial charge in [0.2, 0.25) is 0 Å². The first-order valence-corrected chi connectivity index (χ1v) is 7.63. The molecule has 0 bridgehead atoms. The minimum Gasteiger partial charge on any atom is -0.350 e. The molecular formula is C15H22INO. The van der Waals surface area contributed by atoms with E-state index in [0.717, 1.165) is 21.5 Å². The maximum Gasteiger partial charge on any atom is 0.251 e. The van der Waals surface area contributed by atoms with E-state index in [1.54, 1.807) is 0 Å². The first kappa shape index (κ1) is 15.5. The topological polar surface area (TPSA) is 29.1 Å². The third-order valence-electron chi connectivity index (χ3n) is 2.90. The van der Waals surface area contributed by atoms with Crippen LogP contribution < -0.4 is 5.32 Å². The third kappa shape index (κ3) is 5.85. The molecule has 0 aliphatic carbocycles. The van der Waals surface area contributed by atoms with E-state index in [1.807, 2.05) is 24.3 Å². The Kier molecular flexibility index (Phi) is 6.68. The fourth-order valence-electron chi connectivity index (χ4n) is 1.81. The number of rotatable bonds is 6. The van der Waals surface area contributed by atoms with E-state index in [1.165, 1.54) is 12.8 Å². The van der Waals surface area contributed by atoms with E-state index in [0.29, 0.717) is 0 Å². The summed E-state index contributed by atoms with van der Waals surface area (Å²) in [6.45, 7) is 6.54. The van der Waals surface area contributed by atoms with Gasteiger partial charge in [-0.05, 0) is 66.1 Å². The highest BCUT2D eigenvalue weighted by molar-refractivity contribution is 14.1. The number of benzene rings is 1. The molecule has 3 heteroatoms. The van der Waals surface area contributed by atoms with E-state index >= 15 is 0 Å². The van der Waals surface area contributed by atoms with Crippen molar-refractivity contribution in [1.82, 2.24) is 5.32 Å². The van der Waals surface area contributed by atoms with Crippen LogP contribution in [0, 0.1) is 9.49 Å². The van der Waals surface area contributed by atoms with Gasteiger partial charge in [-0.3, -0.25) is 4.79 Å². The number of hydrogen-bond donors (Lipinski definition) is 1. The summed E-state index contributed by atoms with van der Waals surface area (Å²) < 4.78 is 1.15. The zero-order chi connectivity index (χ0) is 13.5. The summed E-state index contributed by atoms with van der Waals surface area (Å²) >= 11 is 2.24. The van der Waals surface area contributed by atoms with Gasteiger partial charge in [0.15, 0.2) is 0 Å². The highest BCUT2D eigenvalue weighted by Gasteiger charge is 2.09. The van der Waals surface area contributed by atoms with Crippen molar-refractivity contribution < 1.29 is 4.79 Å². The van der Waals surface area contributed by atoms with Crippen LogP contribution in [0.25, 0.3) is 0 Å². The standard InChI is InChI=1S/C15H22INO/c1-11(2)5-4-6-12(3)17-15(18)13-7-9-14(16)10-8-13/h7-12H,4-6H2,1-3H3,(H,17,18)/t12-/m0/s1. The maximum atomic E-state index is 11.9. The van der Waals surface area contributed by atoms with Crippen molar-refractivity contribution in [3.8, 4) is 0 Å². The van der Waals surface area contributed by atoms with Crippen LogP contribution in [0.3, 0.4) is 0 Å². The van der Waals surface area contributed by atoms with E-state index in [9.17, 15) is 4.79 Å². The Hall–Kier alpha value is -0.580. The van der Waals surface area contributed by atoms with Gasteiger partial charge in [-0.25, -0.2) is 0 Å². The lowest BCUT2D eigenvalue weighted by molar-refractivity contribution is 0.0938. The molecule has 0 aliphatic rings. The van der Waals surface area contributed by atoms with Crippen molar-refractivity contribution in [2.24, 2.45) is 5.92 Å². The molecule has 1 amide bonds. The Morgan fingerprint density at radius 2 is 1.78 bits per heavy atom. The van der Waals surface area contributed by atoms with E-state index < -0.39 is 0 Å². The molecular weight excluding hydrogens is 337 g/mol. The van der Waals surface area contributed by atoms with Gasteiger partial charge in [0.25, 0.3) is 5.91 Å². The fraction of sp³-hybridized carbons (Fsp3) is 0.533. The molecule has 0 heterocycles. The summed E-state index contributed by atoms with van der Waals surface area (Å²) in [5, 5.41) is 3.05. The summed E-state index contributed by atoms with van der Waals surface area (Å²) in [5.74, 6) is 0.771. The molecule has 0 unspecified atom stereocenters. The monoisotopic (exact) mass is 359 g/mol. The van der Waals surface area contributed by atoms with Gasteiger partial charge in [-0.1, -0.05) is 26.7 Å². The molecule has 1 atom stereocenters. The number of amides is 1. The van der Waals surface area contributed by atoms with Gasteiger partial charge in [0.05, 0.1) is 0 Å². The number of halogens is 1. The van der Waals surface area contributed by atoms with Gasteiger partial charge < -0.3 is 5.32 Å². The van der Waals surface area contributed by atoms with Crippen molar-refractivity contribution in [3.63, 3.8) is 0 Å². The average molecular weight is 359 g/mol. The third-order valence-corrected chi connectivity index (χ3v) is 3.62. The molecule has 100 valence electrons. The largest absolute Gasteiger partial charge is 0.350 e. The molecule has 2 nitrogen and oxygen atoms in total. The van der Waals surface area contributed by atoms with Crippen LogP contribution in [0.1, 0.15) is 50.4 Å². The molecule has 0 fully saturated rings. The van der Waals surface area contributed by atoms with Gasteiger partial charge in [0, 0.05) is 15.2 Å². The number of nitrogens with one attached hydrogen (secondary N) is 1. The highest BCUT2D eigenvalue weighted by Crippen LogP contribution is 2.10. The Labute approximate surface area is 124 Å². The molecule has 0 saturated heterocycles. The lowest BCUT2D eigenvalue weighted by atomic mass is 10.0. The van der Waals surface area contributed by atoms with Crippen LogP contribution in [0.2, 0.25) is 0 Å². The molecule has 1 aromatic rings. The first-order chi connectivity index (χ1) is 8.49. The zero-order valence-electron chi connectivity index (χ0n) is 11.4. The van der Waals surface area contributed by atoms with Crippen molar-refractivity contribution in [2.45, 2.75) is 46.1 Å². The van der Waals surface area contributed by atoms with Gasteiger partial charge >= 0.3 is 0 Å². The molecule has 1 aromatic carbocycles. The number of carbonyl (C=O) groups is 1. The van der Waals surface area contributed by atoms with Crippen molar-refractivity contribution in [2.75, 3.05) is 0 Å². The second kappa shape index (κ2) is 7.77. The SMILES string of the molecule is CC(C)CCC[C@H](C)NC(=O)c1ccc(I)cc1. The quantitative estimate of drug-likeness (QED) is 0.757. The minimum absolute atomic E-state index is 0.0310. The van der Waals surface area contributed by atoms with Crippen molar-refractivity contribution in [1.29, 1.82) is 0 Å². The summed E-state index contributed by atoms with van der Waals surface area (Å²) in [7, 11) is 0. The number of carbonyl (C=O) groups excluding carboxylic acids is 1. The number of hydrogen-bond acceptors (Lipinski definition) is 1. The van der Waals surface area contributed by atoms with Crippen LogP contribution in [-0.4, -0.2) is 11.9 Å².